The van der Waals surface area contributed by atoms with Crippen LogP contribution in [0.15, 0.2) is 66.7 Å². The quantitative estimate of drug-likeness (QED) is 0.172. The highest BCUT2D eigenvalue weighted by Gasteiger charge is 2.20. The number of amides is 2. The second-order valence-corrected chi connectivity index (χ2v) is 11.8. The van der Waals surface area contributed by atoms with Crippen LogP contribution in [0.25, 0.3) is 22.2 Å². The van der Waals surface area contributed by atoms with E-state index in [1.54, 1.807) is 6.07 Å². The van der Waals surface area contributed by atoms with Crippen molar-refractivity contribution in [3.8, 4) is 16.9 Å². The molecule has 0 atom stereocenters. The molecule has 1 N–H and O–H groups in total. The molecule has 1 fully saturated rings. The first-order valence-corrected chi connectivity index (χ1v) is 14.8. The minimum atomic E-state index is -0.728. The number of benzene rings is 3. The molecule has 2 amide bonds. The van der Waals surface area contributed by atoms with Gasteiger partial charge < -0.3 is 24.3 Å². The fourth-order valence-electron chi connectivity index (χ4n) is 5.20. The summed E-state index contributed by atoms with van der Waals surface area (Å²) in [6.45, 7) is 9.86. The third-order valence-corrected chi connectivity index (χ3v) is 7.30. The molecule has 8 heteroatoms. The molecule has 0 spiro atoms. The van der Waals surface area contributed by atoms with Gasteiger partial charge in [0.25, 0.3) is 0 Å². The zero-order chi connectivity index (χ0) is 29.7. The molecular formula is C34H40N4O4. The summed E-state index contributed by atoms with van der Waals surface area (Å²) in [5, 5.41) is 3.08. The lowest BCUT2D eigenvalue weighted by Gasteiger charge is -2.19. The first-order chi connectivity index (χ1) is 20.2. The molecule has 0 saturated carbocycles. The van der Waals surface area contributed by atoms with Crippen LogP contribution in [-0.2, 0) is 17.7 Å². The van der Waals surface area contributed by atoms with Gasteiger partial charge in [-0.3, -0.25) is 0 Å². The fraction of sp³-hybridized carbons (Fsp3) is 0.382. The highest BCUT2D eigenvalue weighted by Crippen LogP contribution is 2.31. The molecule has 0 unspecified atom stereocenters. The third kappa shape index (κ3) is 7.11. The van der Waals surface area contributed by atoms with Gasteiger partial charge in [0.05, 0.1) is 11.0 Å². The highest BCUT2D eigenvalue weighted by atomic mass is 16.7. The van der Waals surface area contributed by atoms with Crippen LogP contribution in [0.1, 0.15) is 64.8 Å². The fourth-order valence-corrected chi connectivity index (χ4v) is 5.20. The Labute approximate surface area is 247 Å². The Hall–Kier alpha value is -4.33. The van der Waals surface area contributed by atoms with E-state index in [2.05, 4.69) is 28.9 Å². The largest absolute Gasteiger partial charge is 0.514 e. The number of hydrogen-bond acceptors (Lipinski definition) is 5. The number of imidazole rings is 1. The van der Waals surface area contributed by atoms with Crippen molar-refractivity contribution in [3.63, 3.8) is 0 Å². The molecule has 8 nitrogen and oxygen atoms in total. The standard InChI is InChI=1S/C34H40N4O4/c1-5-6-13-31-36-28-19-18-26(35-32(39)37-20-9-10-21-37)22-29(28)38(31)23-24-14-16-25(17-15-24)27-11-7-8-12-30(27)41-33(40)42-34(2,3)4/h7-8,11-12,14-19,22H,5-6,9-10,13,20-21,23H2,1-4H3,(H,35,39). The minimum Gasteiger partial charge on any atom is -0.428 e. The summed E-state index contributed by atoms with van der Waals surface area (Å²) in [5.74, 6) is 1.49. The average Bonchev–Trinajstić information content (AvgIpc) is 3.61. The summed E-state index contributed by atoms with van der Waals surface area (Å²) in [6, 6.07) is 21.6. The van der Waals surface area contributed by atoms with E-state index in [1.165, 1.54) is 0 Å². The number of aromatic nitrogens is 2. The smallest absolute Gasteiger partial charge is 0.428 e. The van der Waals surface area contributed by atoms with Gasteiger partial charge in [0.15, 0.2) is 0 Å². The van der Waals surface area contributed by atoms with Crippen molar-refractivity contribution in [2.45, 2.75) is 71.9 Å². The van der Waals surface area contributed by atoms with Gasteiger partial charge in [-0.1, -0.05) is 55.8 Å². The zero-order valence-electron chi connectivity index (χ0n) is 25.0. The number of fused-ring (bicyclic) bond motifs is 1. The topological polar surface area (TPSA) is 85.7 Å². The Morgan fingerprint density at radius 3 is 2.43 bits per heavy atom. The van der Waals surface area contributed by atoms with Gasteiger partial charge in [-0.05, 0) is 75.4 Å². The van der Waals surface area contributed by atoms with E-state index in [1.807, 2.05) is 74.2 Å². The van der Waals surface area contributed by atoms with Crippen LogP contribution >= 0.6 is 0 Å². The van der Waals surface area contributed by atoms with Crippen molar-refractivity contribution in [2.24, 2.45) is 0 Å². The van der Waals surface area contributed by atoms with Crippen molar-refractivity contribution >= 4 is 28.9 Å². The summed E-state index contributed by atoms with van der Waals surface area (Å²) < 4.78 is 13.2. The van der Waals surface area contributed by atoms with E-state index < -0.39 is 11.8 Å². The van der Waals surface area contributed by atoms with Crippen LogP contribution in [0, 0.1) is 0 Å². The molecule has 0 radical (unpaired) electrons. The van der Waals surface area contributed by atoms with E-state index in [4.69, 9.17) is 14.5 Å². The lowest BCUT2D eigenvalue weighted by atomic mass is 10.0. The highest BCUT2D eigenvalue weighted by molar-refractivity contribution is 5.92. The van der Waals surface area contributed by atoms with E-state index in [0.29, 0.717) is 12.3 Å². The zero-order valence-corrected chi connectivity index (χ0v) is 25.0. The monoisotopic (exact) mass is 568 g/mol. The van der Waals surface area contributed by atoms with E-state index >= 15 is 0 Å². The van der Waals surface area contributed by atoms with Crippen LogP contribution in [-0.4, -0.2) is 45.3 Å². The predicted molar refractivity (Wildman–Crippen MR) is 166 cm³/mol. The van der Waals surface area contributed by atoms with Crippen LogP contribution in [0.3, 0.4) is 0 Å². The van der Waals surface area contributed by atoms with Crippen LogP contribution < -0.4 is 10.1 Å². The molecule has 220 valence electrons. The summed E-state index contributed by atoms with van der Waals surface area (Å²) in [5.41, 5.74) is 4.93. The number of anilines is 1. The van der Waals surface area contributed by atoms with Crippen molar-refractivity contribution < 1.29 is 19.1 Å². The van der Waals surface area contributed by atoms with Gasteiger partial charge in [-0.2, -0.15) is 0 Å². The number of hydrogen-bond donors (Lipinski definition) is 1. The van der Waals surface area contributed by atoms with E-state index in [-0.39, 0.29) is 6.03 Å². The minimum absolute atomic E-state index is 0.0457. The molecule has 0 bridgehead atoms. The maximum absolute atomic E-state index is 12.7. The van der Waals surface area contributed by atoms with Gasteiger partial charge in [-0.25, -0.2) is 14.6 Å². The Balaban J connectivity index is 1.39. The lowest BCUT2D eigenvalue weighted by molar-refractivity contribution is 0.0207. The lowest BCUT2D eigenvalue weighted by Crippen LogP contribution is -2.32. The van der Waals surface area contributed by atoms with Crippen molar-refractivity contribution in [3.05, 3.63) is 78.1 Å². The van der Waals surface area contributed by atoms with Gasteiger partial charge >= 0.3 is 12.2 Å². The normalized spacial score (nSPS) is 13.4. The number of unbranched alkanes of at least 4 members (excludes halogenated alkanes) is 1. The number of nitrogens with one attached hydrogen (secondary N) is 1. The van der Waals surface area contributed by atoms with Crippen molar-refractivity contribution in [2.75, 3.05) is 18.4 Å². The molecular weight excluding hydrogens is 528 g/mol. The number of aryl methyl sites for hydroxylation is 1. The summed E-state index contributed by atoms with van der Waals surface area (Å²) in [6.07, 6.45) is 4.40. The Morgan fingerprint density at radius 2 is 1.71 bits per heavy atom. The number of carbonyl (C=O) groups excluding carboxylic acids is 2. The summed E-state index contributed by atoms with van der Waals surface area (Å²) >= 11 is 0. The van der Waals surface area contributed by atoms with E-state index in [0.717, 1.165) is 84.4 Å². The molecule has 1 aliphatic rings. The Morgan fingerprint density at radius 1 is 0.976 bits per heavy atom. The molecule has 1 saturated heterocycles. The summed E-state index contributed by atoms with van der Waals surface area (Å²) in [4.78, 5) is 31.9. The Kier molecular flexibility index (Phi) is 8.80. The SMILES string of the molecule is CCCCc1nc2ccc(NC(=O)N3CCCC3)cc2n1Cc1ccc(-c2ccccc2OC(=O)OC(C)(C)C)cc1. The molecule has 2 heterocycles. The van der Waals surface area contributed by atoms with Gasteiger partial charge in [-0.15, -0.1) is 0 Å². The number of para-hydroxylation sites is 1. The van der Waals surface area contributed by atoms with E-state index in [9.17, 15) is 9.59 Å². The first-order valence-electron chi connectivity index (χ1n) is 14.8. The first kappa shape index (κ1) is 29.2. The van der Waals surface area contributed by atoms with Crippen LogP contribution in [0.5, 0.6) is 5.75 Å². The van der Waals surface area contributed by atoms with Crippen molar-refractivity contribution in [1.82, 2.24) is 14.5 Å². The molecule has 3 aromatic carbocycles. The predicted octanol–water partition coefficient (Wildman–Crippen LogP) is 8.04. The second-order valence-electron chi connectivity index (χ2n) is 11.8. The number of ether oxygens (including phenoxy) is 2. The number of likely N-dealkylation sites (tertiary alicyclic amines) is 1. The molecule has 1 aliphatic heterocycles. The van der Waals surface area contributed by atoms with Crippen molar-refractivity contribution in [1.29, 1.82) is 0 Å². The third-order valence-electron chi connectivity index (χ3n) is 7.30. The molecule has 42 heavy (non-hydrogen) atoms. The molecule has 4 aromatic rings. The van der Waals surface area contributed by atoms with Gasteiger partial charge in [0.1, 0.15) is 17.2 Å². The van der Waals surface area contributed by atoms with Crippen LogP contribution in [0.4, 0.5) is 15.3 Å². The second kappa shape index (κ2) is 12.7. The average molecular weight is 569 g/mol. The maximum atomic E-state index is 12.7. The van der Waals surface area contributed by atoms with Gasteiger partial charge in [0.2, 0.25) is 0 Å². The summed E-state index contributed by atoms with van der Waals surface area (Å²) in [7, 11) is 0. The van der Waals surface area contributed by atoms with Gasteiger partial charge in [0, 0.05) is 37.3 Å². The van der Waals surface area contributed by atoms with Crippen LogP contribution in [0.2, 0.25) is 0 Å². The molecule has 0 aliphatic carbocycles. The number of carbonyl (C=O) groups is 2. The number of nitrogens with zero attached hydrogens (tertiary/aromatic N) is 3. The number of urea groups is 1. The molecule has 1 aromatic heterocycles. The maximum Gasteiger partial charge on any atom is 0.514 e. The molecule has 5 rings (SSSR count). The Bertz CT molecular complexity index is 1550. The number of rotatable bonds is 8.